The Morgan fingerprint density at radius 2 is 2.00 bits per heavy atom. The summed E-state index contributed by atoms with van der Waals surface area (Å²) in [7, 11) is 0. The number of hydrogen-bond donors (Lipinski definition) is 1. The Kier molecular flexibility index (Phi) is 2.99. The van der Waals surface area contributed by atoms with Gasteiger partial charge in [-0.1, -0.05) is 25.1 Å². The van der Waals surface area contributed by atoms with E-state index in [9.17, 15) is 0 Å². The number of H-pyrrole nitrogens is 1. The topological polar surface area (TPSA) is 20.7 Å². The number of imidazole rings is 1. The van der Waals surface area contributed by atoms with E-state index in [1.54, 1.807) is 0 Å². The number of rotatable bonds is 2. The predicted octanol–water partition coefficient (Wildman–Crippen LogP) is 4.56. The van der Waals surface area contributed by atoms with Crippen LogP contribution in [0.2, 0.25) is 0 Å². The molecule has 3 rings (SSSR count). The zero-order valence-corrected chi connectivity index (χ0v) is 11.9. The average molecular weight is 268 g/mol. The highest BCUT2D eigenvalue weighted by molar-refractivity contribution is 7.71. The molecular formula is C16H16N2S. The molecule has 1 aromatic heterocycles. The fourth-order valence-electron chi connectivity index (χ4n) is 2.38. The molecule has 0 saturated carbocycles. The van der Waals surface area contributed by atoms with Gasteiger partial charge in [0, 0.05) is 5.69 Å². The SMILES string of the molecule is CCc1cccc(-n2c(=S)[nH]c3ccc(C)cc32)c1. The monoisotopic (exact) mass is 268 g/mol. The molecule has 0 amide bonds. The molecule has 0 aliphatic rings. The molecule has 0 bridgehead atoms. The first-order valence-electron chi connectivity index (χ1n) is 6.50. The van der Waals surface area contributed by atoms with Crippen LogP contribution in [-0.2, 0) is 6.42 Å². The van der Waals surface area contributed by atoms with Crippen LogP contribution in [0.5, 0.6) is 0 Å². The largest absolute Gasteiger partial charge is 0.330 e. The summed E-state index contributed by atoms with van der Waals surface area (Å²) < 4.78 is 2.85. The molecule has 0 radical (unpaired) electrons. The summed E-state index contributed by atoms with van der Waals surface area (Å²) in [6.45, 7) is 4.26. The van der Waals surface area contributed by atoms with Crippen molar-refractivity contribution in [2.45, 2.75) is 20.3 Å². The molecule has 1 heterocycles. The van der Waals surface area contributed by atoms with Gasteiger partial charge in [0.2, 0.25) is 0 Å². The minimum atomic E-state index is 0.744. The maximum atomic E-state index is 5.47. The van der Waals surface area contributed by atoms with Crippen molar-refractivity contribution in [3.8, 4) is 5.69 Å². The third-order valence-electron chi connectivity index (χ3n) is 3.42. The van der Waals surface area contributed by atoms with Crippen LogP contribution in [-0.4, -0.2) is 9.55 Å². The van der Waals surface area contributed by atoms with Gasteiger partial charge in [-0.15, -0.1) is 0 Å². The maximum absolute atomic E-state index is 5.47. The Labute approximate surface area is 117 Å². The van der Waals surface area contributed by atoms with E-state index in [0.717, 1.165) is 27.9 Å². The highest BCUT2D eigenvalue weighted by Crippen LogP contribution is 2.21. The van der Waals surface area contributed by atoms with E-state index in [1.807, 2.05) is 0 Å². The molecule has 2 aromatic carbocycles. The first-order chi connectivity index (χ1) is 9.19. The molecule has 0 unspecified atom stereocenters. The van der Waals surface area contributed by atoms with Gasteiger partial charge < -0.3 is 4.98 Å². The summed E-state index contributed by atoms with van der Waals surface area (Å²) in [5, 5.41) is 0. The molecule has 0 saturated heterocycles. The van der Waals surface area contributed by atoms with E-state index >= 15 is 0 Å². The maximum Gasteiger partial charge on any atom is 0.182 e. The van der Waals surface area contributed by atoms with E-state index in [2.05, 4.69) is 65.9 Å². The van der Waals surface area contributed by atoms with Crippen molar-refractivity contribution < 1.29 is 0 Å². The number of aryl methyl sites for hydroxylation is 2. The van der Waals surface area contributed by atoms with Gasteiger partial charge in [-0.05, 0) is 61.0 Å². The van der Waals surface area contributed by atoms with Crippen molar-refractivity contribution in [1.29, 1.82) is 0 Å². The van der Waals surface area contributed by atoms with Crippen molar-refractivity contribution in [3.05, 3.63) is 58.4 Å². The second-order valence-corrected chi connectivity index (χ2v) is 5.20. The summed E-state index contributed by atoms with van der Waals surface area (Å²) in [6, 6.07) is 14.9. The fraction of sp³-hybridized carbons (Fsp3) is 0.188. The molecule has 1 N–H and O–H groups in total. The second kappa shape index (κ2) is 4.67. The Morgan fingerprint density at radius 1 is 1.16 bits per heavy atom. The van der Waals surface area contributed by atoms with E-state index in [0.29, 0.717) is 0 Å². The predicted molar refractivity (Wildman–Crippen MR) is 82.6 cm³/mol. The van der Waals surface area contributed by atoms with Gasteiger partial charge in [0.05, 0.1) is 11.0 Å². The zero-order chi connectivity index (χ0) is 13.4. The van der Waals surface area contributed by atoms with Crippen LogP contribution in [0.3, 0.4) is 0 Å². The lowest BCUT2D eigenvalue weighted by Gasteiger charge is -2.07. The summed E-state index contributed by atoms with van der Waals surface area (Å²) in [4.78, 5) is 3.27. The molecule has 96 valence electrons. The van der Waals surface area contributed by atoms with Crippen molar-refractivity contribution in [2.75, 3.05) is 0 Å². The van der Waals surface area contributed by atoms with Gasteiger partial charge in [-0.25, -0.2) is 0 Å². The van der Waals surface area contributed by atoms with Gasteiger partial charge in [0.25, 0.3) is 0 Å². The first kappa shape index (κ1) is 12.2. The fourth-order valence-corrected chi connectivity index (χ4v) is 2.70. The summed E-state index contributed by atoms with van der Waals surface area (Å²) in [6.07, 6.45) is 1.03. The van der Waals surface area contributed by atoms with Crippen molar-refractivity contribution in [2.24, 2.45) is 0 Å². The number of aromatic amines is 1. The van der Waals surface area contributed by atoms with Gasteiger partial charge >= 0.3 is 0 Å². The van der Waals surface area contributed by atoms with Gasteiger partial charge in [-0.2, -0.15) is 0 Å². The Morgan fingerprint density at radius 3 is 2.79 bits per heavy atom. The van der Waals surface area contributed by atoms with Crippen LogP contribution < -0.4 is 0 Å². The van der Waals surface area contributed by atoms with Crippen LogP contribution >= 0.6 is 12.2 Å². The van der Waals surface area contributed by atoms with Crippen LogP contribution in [0.15, 0.2) is 42.5 Å². The zero-order valence-electron chi connectivity index (χ0n) is 11.1. The summed E-state index contributed by atoms with van der Waals surface area (Å²) in [5.41, 5.74) is 5.90. The standard InChI is InChI=1S/C16H16N2S/c1-3-12-5-4-6-13(10-12)18-15-9-11(2)7-8-14(15)17-16(18)19/h4-10H,3H2,1-2H3,(H,17,19). The molecule has 19 heavy (non-hydrogen) atoms. The van der Waals surface area contributed by atoms with Crippen molar-refractivity contribution in [3.63, 3.8) is 0 Å². The summed E-state index contributed by atoms with van der Waals surface area (Å²) >= 11 is 5.47. The number of benzene rings is 2. The Balaban J connectivity index is 2.32. The van der Waals surface area contributed by atoms with E-state index in [1.165, 1.54) is 11.1 Å². The quantitative estimate of drug-likeness (QED) is 0.676. The summed E-state index contributed by atoms with van der Waals surface area (Å²) in [5.74, 6) is 0. The molecule has 2 nitrogen and oxygen atoms in total. The highest BCUT2D eigenvalue weighted by Gasteiger charge is 2.06. The average Bonchev–Trinajstić information content (AvgIpc) is 2.74. The lowest BCUT2D eigenvalue weighted by atomic mass is 10.1. The second-order valence-electron chi connectivity index (χ2n) is 4.81. The Bertz CT molecular complexity index is 796. The van der Waals surface area contributed by atoms with Gasteiger partial charge in [-0.3, -0.25) is 4.57 Å². The molecule has 3 aromatic rings. The number of nitrogens with zero attached hydrogens (tertiary/aromatic N) is 1. The normalized spacial score (nSPS) is 11.1. The minimum absolute atomic E-state index is 0.744. The van der Waals surface area contributed by atoms with Gasteiger partial charge in [0.15, 0.2) is 4.77 Å². The lowest BCUT2D eigenvalue weighted by molar-refractivity contribution is 1.05. The smallest absolute Gasteiger partial charge is 0.182 e. The highest BCUT2D eigenvalue weighted by atomic mass is 32.1. The molecule has 0 fully saturated rings. The molecule has 3 heteroatoms. The van der Waals surface area contributed by atoms with Crippen LogP contribution in [0.25, 0.3) is 16.7 Å². The van der Waals surface area contributed by atoms with E-state index in [-0.39, 0.29) is 0 Å². The van der Waals surface area contributed by atoms with Gasteiger partial charge in [0.1, 0.15) is 0 Å². The molecule has 0 spiro atoms. The number of aromatic nitrogens is 2. The van der Waals surface area contributed by atoms with Crippen LogP contribution in [0.1, 0.15) is 18.1 Å². The Hall–Kier alpha value is -1.87. The van der Waals surface area contributed by atoms with Crippen molar-refractivity contribution in [1.82, 2.24) is 9.55 Å². The first-order valence-corrected chi connectivity index (χ1v) is 6.90. The molecule has 0 aliphatic carbocycles. The number of nitrogens with one attached hydrogen (secondary N) is 1. The third kappa shape index (κ3) is 2.10. The van der Waals surface area contributed by atoms with E-state index in [4.69, 9.17) is 12.2 Å². The molecule has 0 atom stereocenters. The molecule has 0 aliphatic heterocycles. The molecular weight excluding hydrogens is 252 g/mol. The number of fused-ring (bicyclic) bond motifs is 1. The number of hydrogen-bond acceptors (Lipinski definition) is 1. The third-order valence-corrected chi connectivity index (χ3v) is 3.70. The minimum Gasteiger partial charge on any atom is -0.330 e. The lowest BCUT2D eigenvalue weighted by Crippen LogP contribution is -1.95. The van der Waals surface area contributed by atoms with Crippen molar-refractivity contribution >= 4 is 23.3 Å². The van der Waals surface area contributed by atoms with E-state index < -0.39 is 0 Å². The van der Waals surface area contributed by atoms with Crippen LogP contribution in [0.4, 0.5) is 0 Å². The van der Waals surface area contributed by atoms with Crippen LogP contribution in [0, 0.1) is 11.7 Å².